The van der Waals surface area contributed by atoms with Crippen LogP contribution >= 0.6 is 0 Å². The van der Waals surface area contributed by atoms with Crippen molar-refractivity contribution in [2.45, 2.75) is 0 Å². The summed E-state index contributed by atoms with van der Waals surface area (Å²) in [5, 5.41) is 14.8. The van der Waals surface area contributed by atoms with Crippen LogP contribution < -0.4 is 9.47 Å². The van der Waals surface area contributed by atoms with E-state index in [0.29, 0.717) is 44.2 Å². The third-order valence-corrected chi connectivity index (χ3v) is 4.49. The molecule has 172 valence electrons. The Kier molecular flexibility index (Phi) is 9.23. The van der Waals surface area contributed by atoms with Crippen LogP contribution in [0.25, 0.3) is 0 Å². The lowest BCUT2D eigenvalue weighted by Crippen LogP contribution is -2.51. The first kappa shape index (κ1) is 24.4. The molecule has 0 saturated carbocycles. The van der Waals surface area contributed by atoms with Gasteiger partial charge in [-0.2, -0.15) is 0 Å². The van der Waals surface area contributed by atoms with Crippen molar-refractivity contribution in [3.63, 3.8) is 0 Å². The zero-order valence-corrected chi connectivity index (χ0v) is 17.4. The number of aliphatic carboxylic acids is 2. The predicted octanol–water partition coefficient (Wildman–Crippen LogP) is 0.850. The minimum absolute atomic E-state index is 0.00233. The Morgan fingerprint density at radius 3 is 2.03 bits per heavy atom. The van der Waals surface area contributed by atoms with Gasteiger partial charge in [0.25, 0.3) is 5.91 Å². The molecule has 11 heteroatoms. The number of nitrogens with zero attached hydrogens (tertiary/aromatic N) is 2. The van der Waals surface area contributed by atoms with E-state index in [4.69, 9.17) is 33.7 Å². The molecule has 0 aliphatic carbocycles. The van der Waals surface area contributed by atoms with E-state index in [1.807, 2.05) is 4.90 Å². The second-order valence-corrected chi connectivity index (χ2v) is 6.63. The first-order valence-electron chi connectivity index (χ1n) is 9.60. The third-order valence-electron chi connectivity index (χ3n) is 4.49. The molecule has 2 aromatic rings. The summed E-state index contributed by atoms with van der Waals surface area (Å²) in [5.74, 6) is -2.01. The Morgan fingerprint density at radius 2 is 1.53 bits per heavy atom. The largest absolute Gasteiger partial charge is 0.497 e. The molecule has 0 atom stereocenters. The molecule has 2 N–H and O–H groups in total. The number of Topliss-reactive ketones (excluding diaryl/α,β-unsaturated/α-hetero) is 1. The maximum absolute atomic E-state index is 12.3. The Balaban J connectivity index is 0.000000534. The zero-order valence-electron chi connectivity index (χ0n) is 17.4. The predicted molar refractivity (Wildman–Crippen MR) is 110 cm³/mol. The second-order valence-electron chi connectivity index (χ2n) is 6.63. The van der Waals surface area contributed by atoms with E-state index in [1.54, 1.807) is 48.4 Å². The number of furan rings is 1. The van der Waals surface area contributed by atoms with Gasteiger partial charge in [0.15, 0.2) is 12.4 Å². The summed E-state index contributed by atoms with van der Waals surface area (Å²) < 4.78 is 15.7. The molecule has 0 radical (unpaired) electrons. The Morgan fingerprint density at radius 1 is 0.938 bits per heavy atom. The van der Waals surface area contributed by atoms with Crippen LogP contribution in [0.3, 0.4) is 0 Å². The molecule has 1 aliphatic heterocycles. The number of amides is 1. The molecule has 0 bridgehead atoms. The molecule has 1 saturated heterocycles. The number of ketones is 1. The van der Waals surface area contributed by atoms with Crippen molar-refractivity contribution in [1.82, 2.24) is 9.80 Å². The van der Waals surface area contributed by atoms with Crippen molar-refractivity contribution in [3.05, 3.63) is 48.4 Å². The summed E-state index contributed by atoms with van der Waals surface area (Å²) in [6, 6.07) is 10.5. The summed E-state index contributed by atoms with van der Waals surface area (Å²) in [6.07, 6.45) is 1.49. The Hall–Kier alpha value is -3.86. The van der Waals surface area contributed by atoms with Crippen molar-refractivity contribution in [2.75, 3.05) is 46.4 Å². The molecule has 32 heavy (non-hydrogen) atoms. The number of methoxy groups -OCH3 is 1. The lowest BCUT2D eigenvalue weighted by Gasteiger charge is -2.34. The number of hydrogen-bond acceptors (Lipinski definition) is 8. The Labute approximate surface area is 183 Å². The van der Waals surface area contributed by atoms with Crippen LogP contribution in [0.15, 0.2) is 47.1 Å². The highest BCUT2D eigenvalue weighted by Crippen LogP contribution is 2.17. The summed E-state index contributed by atoms with van der Waals surface area (Å²) >= 11 is 0. The lowest BCUT2D eigenvalue weighted by atomic mass is 10.2. The molecule has 11 nitrogen and oxygen atoms in total. The normalized spacial score (nSPS) is 13.5. The van der Waals surface area contributed by atoms with E-state index >= 15 is 0 Å². The lowest BCUT2D eigenvalue weighted by molar-refractivity contribution is -0.159. The molecule has 1 aromatic heterocycles. The minimum atomic E-state index is -1.82. The number of hydrogen-bond donors (Lipinski definition) is 2. The van der Waals surface area contributed by atoms with Crippen LogP contribution in [-0.2, 0) is 14.4 Å². The topological polar surface area (TPSA) is 147 Å². The molecular weight excluding hydrogens is 424 g/mol. The average molecular weight is 448 g/mol. The van der Waals surface area contributed by atoms with Gasteiger partial charge >= 0.3 is 11.9 Å². The number of carbonyl (C=O) groups is 4. The summed E-state index contributed by atoms with van der Waals surface area (Å²) in [6.45, 7) is 2.77. The molecule has 1 aromatic carbocycles. The number of ether oxygens (including phenoxy) is 2. The zero-order chi connectivity index (χ0) is 23.5. The van der Waals surface area contributed by atoms with Gasteiger partial charge in [0.1, 0.15) is 11.5 Å². The van der Waals surface area contributed by atoms with Gasteiger partial charge in [0, 0.05) is 26.2 Å². The maximum atomic E-state index is 12.3. The average Bonchev–Trinajstić information content (AvgIpc) is 3.34. The summed E-state index contributed by atoms with van der Waals surface area (Å²) in [4.78, 5) is 46.3. The highest BCUT2D eigenvalue weighted by atomic mass is 16.5. The van der Waals surface area contributed by atoms with Gasteiger partial charge in [-0.05, 0) is 36.4 Å². The standard InChI is InChI=1S/C19H22N2O5.C2H2O4/c1-24-15-4-6-16(7-5-15)26-14-19(23)21-10-8-20(9-11-21)13-17(22)18-3-2-12-25-18;3-1(4)2(5)6/h2-7,12H,8-11,13-14H2,1H3;(H,3,4)(H,5,6). The number of carbonyl (C=O) groups excluding carboxylic acids is 2. The molecule has 0 unspecified atom stereocenters. The number of rotatable bonds is 7. The third kappa shape index (κ3) is 7.76. The maximum Gasteiger partial charge on any atom is 0.414 e. The van der Waals surface area contributed by atoms with Gasteiger partial charge in [-0.1, -0.05) is 0 Å². The highest BCUT2D eigenvalue weighted by Gasteiger charge is 2.23. The van der Waals surface area contributed by atoms with Crippen LogP contribution in [-0.4, -0.2) is 90.1 Å². The number of benzene rings is 1. The van der Waals surface area contributed by atoms with Gasteiger partial charge < -0.3 is 29.0 Å². The van der Waals surface area contributed by atoms with Gasteiger partial charge in [0.05, 0.1) is 19.9 Å². The molecule has 3 rings (SSSR count). The molecule has 1 fully saturated rings. The second kappa shape index (κ2) is 12.1. The van der Waals surface area contributed by atoms with Gasteiger partial charge in [-0.15, -0.1) is 0 Å². The van der Waals surface area contributed by atoms with Crippen LogP contribution in [0.1, 0.15) is 10.6 Å². The van der Waals surface area contributed by atoms with Crippen LogP contribution in [0.2, 0.25) is 0 Å². The van der Waals surface area contributed by atoms with Crippen molar-refractivity contribution in [3.8, 4) is 11.5 Å². The van der Waals surface area contributed by atoms with Gasteiger partial charge in [-0.25, -0.2) is 9.59 Å². The fraction of sp³-hybridized carbons (Fsp3) is 0.333. The summed E-state index contributed by atoms with van der Waals surface area (Å²) in [7, 11) is 1.60. The molecule has 1 aliphatic rings. The number of carboxylic acid groups (broad SMARTS) is 2. The molecule has 1 amide bonds. The molecule has 0 spiro atoms. The van der Waals surface area contributed by atoms with Crippen LogP contribution in [0, 0.1) is 0 Å². The van der Waals surface area contributed by atoms with Crippen LogP contribution in [0.4, 0.5) is 0 Å². The fourth-order valence-electron chi connectivity index (χ4n) is 2.78. The van der Waals surface area contributed by atoms with Crippen molar-refractivity contribution < 1.29 is 43.3 Å². The first-order chi connectivity index (χ1) is 15.3. The van der Waals surface area contributed by atoms with E-state index in [2.05, 4.69) is 0 Å². The quantitative estimate of drug-likeness (QED) is 0.461. The van der Waals surface area contributed by atoms with E-state index in [-0.39, 0.29) is 18.3 Å². The van der Waals surface area contributed by atoms with Crippen LogP contribution in [0.5, 0.6) is 11.5 Å². The number of piperazine rings is 1. The Bertz CT molecular complexity index is 890. The molecule has 2 heterocycles. The SMILES string of the molecule is COc1ccc(OCC(=O)N2CCN(CC(=O)c3ccco3)CC2)cc1.O=C(O)C(=O)O. The van der Waals surface area contributed by atoms with Gasteiger partial charge in [0.2, 0.25) is 5.78 Å². The molecular formula is C21H24N2O9. The van der Waals surface area contributed by atoms with E-state index in [0.717, 1.165) is 5.75 Å². The van der Waals surface area contributed by atoms with E-state index in [1.165, 1.54) is 6.26 Å². The number of carboxylic acids is 2. The fourth-order valence-corrected chi connectivity index (χ4v) is 2.78. The smallest absolute Gasteiger partial charge is 0.414 e. The van der Waals surface area contributed by atoms with Crippen molar-refractivity contribution in [2.24, 2.45) is 0 Å². The first-order valence-corrected chi connectivity index (χ1v) is 9.60. The van der Waals surface area contributed by atoms with Crippen molar-refractivity contribution >= 4 is 23.6 Å². The monoisotopic (exact) mass is 448 g/mol. The van der Waals surface area contributed by atoms with Gasteiger partial charge in [-0.3, -0.25) is 14.5 Å². The minimum Gasteiger partial charge on any atom is -0.497 e. The van der Waals surface area contributed by atoms with E-state index in [9.17, 15) is 9.59 Å². The highest BCUT2D eigenvalue weighted by molar-refractivity contribution is 6.27. The summed E-state index contributed by atoms with van der Waals surface area (Å²) in [5.41, 5.74) is 0. The van der Waals surface area contributed by atoms with Crippen molar-refractivity contribution in [1.29, 1.82) is 0 Å². The van der Waals surface area contributed by atoms with E-state index < -0.39 is 11.9 Å².